The Morgan fingerprint density at radius 3 is 2.58 bits per heavy atom. The van der Waals surface area contributed by atoms with Gasteiger partial charge in [-0.1, -0.05) is 30.3 Å². The van der Waals surface area contributed by atoms with Crippen LogP contribution >= 0.6 is 0 Å². The predicted octanol–water partition coefficient (Wildman–Crippen LogP) is 5.37. The SMILES string of the molecule is Cn1cc(-c2ccc(CN3Cc4ccnc(Oc5ccc(C(C)(C)C#N)cc5F)c4C3=O)cc2)cn1. The van der Waals surface area contributed by atoms with Gasteiger partial charge in [0.05, 0.1) is 17.7 Å². The molecule has 2 aromatic carbocycles. The van der Waals surface area contributed by atoms with Gasteiger partial charge < -0.3 is 9.64 Å². The normalized spacial score (nSPS) is 13.0. The quantitative estimate of drug-likeness (QED) is 0.370. The Bertz CT molecular complexity index is 1500. The zero-order chi connectivity index (χ0) is 25.4. The van der Waals surface area contributed by atoms with Gasteiger partial charge in [0.25, 0.3) is 5.91 Å². The highest BCUT2D eigenvalue weighted by molar-refractivity contribution is 6.00. The number of hydrogen-bond acceptors (Lipinski definition) is 5. The van der Waals surface area contributed by atoms with Crippen LogP contribution in [0.2, 0.25) is 0 Å². The van der Waals surface area contributed by atoms with E-state index >= 15 is 0 Å². The van der Waals surface area contributed by atoms with Crippen LogP contribution in [-0.4, -0.2) is 25.6 Å². The van der Waals surface area contributed by atoms with Crippen molar-refractivity contribution in [1.29, 1.82) is 5.26 Å². The largest absolute Gasteiger partial charge is 0.435 e. The van der Waals surface area contributed by atoms with Gasteiger partial charge in [-0.05, 0) is 54.3 Å². The van der Waals surface area contributed by atoms with Crippen molar-refractivity contribution in [3.05, 3.63) is 95.2 Å². The molecule has 0 atom stereocenters. The van der Waals surface area contributed by atoms with Crippen molar-refractivity contribution in [2.75, 3.05) is 0 Å². The number of hydrogen-bond donors (Lipinski definition) is 0. The third-order valence-electron chi connectivity index (χ3n) is 6.37. The van der Waals surface area contributed by atoms with Gasteiger partial charge in [-0.3, -0.25) is 9.48 Å². The first kappa shape index (κ1) is 23.2. The smallest absolute Gasteiger partial charge is 0.260 e. The molecule has 7 nitrogen and oxygen atoms in total. The Morgan fingerprint density at radius 2 is 1.92 bits per heavy atom. The Balaban J connectivity index is 1.34. The molecule has 4 aromatic rings. The first-order valence-electron chi connectivity index (χ1n) is 11.5. The molecule has 1 amide bonds. The van der Waals surface area contributed by atoms with Gasteiger partial charge in [-0.2, -0.15) is 10.4 Å². The van der Waals surface area contributed by atoms with Gasteiger partial charge in [0, 0.05) is 38.1 Å². The third-order valence-corrected chi connectivity index (χ3v) is 6.37. The molecule has 0 saturated heterocycles. The van der Waals surface area contributed by atoms with Crippen LogP contribution in [0.5, 0.6) is 11.6 Å². The van der Waals surface area contributed by atoms with Gasteiger partial charge in [-0.25, -0.2) is 9.37 Å². The standard InChI is InChI=1S/C28H24FN5O2/c1-28(2,17-30)22-8-9-24(23(29)12-22)36-26-25-20(10-11-31-26)16-34(27(25)35)14-18-4-6-19(7-5-18)21-13-32-33(3)15-21/h4-13,15H,14,16H2,1-3H3. The number of carbonyl (C=O) groups is 1. The molecular formula is C28H24FN5O2. The fraction of sp³-hybridized carbons (Fsp3) is 0.214. The number of fused-ring (bicyclic) bond motifs is 1. The fourth-order valence-corrected chi connectivity index (χ4v) is 4.22. The number of benzene rings is 2. The van der Waals surface area contributed by atoms with E-state index in [1.165, 1.54) is 12.1 Å². The van der Waals surface area contributed by atoms with E-state index in [0.717, 1.165) is 22.3 Å². The molecule has 1 aliphatic rings. The second-order valence-electron chi connectivity index (χ2n) is 9.40. The Hall–Kier alpha value is -4.51. The van der Waals surface area contributed by atoms with Crippen molar-refractivity contribution in [3.8, 4) is 28.8 Å². The van der Waals surface area contributed by atoms with Crippen molar-refractivity contribution in [1.82, 2.24) is 19.7 Å². The van der Waals surface area contributed by atoms with E-state index in [-0.39, 0.29) is 17.5 Å². The number of pyridine rings is 1. The molecule has 3 heterocycles. The Labute approximate surface area is 208 Å². The summed E-state index contributed by atoms with van der Waals surface area (Å²) in [6.45, 7) is 4.27. The van der Waals surface area contributed by atoms with Crippen molar-refractivity contribution < 1.29 is 13.9 Å². The zero-order valence-corrected chi connectivity index (χ0v) is 20.2. The van der Waals surface area contributed by atoms with Crippen LogP contribution in [-0.2, 0) is 25.6 Å². The molecule has 0 N–H and O–H groups in total. The van der Waals surface area contributed by atoms with E-state index < -0.39 is 11.2 Å². The Morgan fingerprint density at radius 1 is 1.14 bits per heavy atom. The molecule has 0 spiro atoms. The average molecular weight is 482 g/mol. The lowest BCUT2D eigenvalue weighted by Crippen LogP contribution is -2.23. The van der Waals surface area contributed by atoms with E-state index in [1.807, 2.05) is 43.7 Å². The summed E-state index contributed by atoms with van der Waals surface area (Å²) in [5.74, 6) is -0.818. The number of amides is 1. The lowest BCUT2D eigenvalue weighted by molar-refractivity contribution is 0.0764. The molecule has 5 rings (SSSR count). The Kier molecular flexibility index (Phi) is 5.77. The molecule has 1 aliphatic heterocycles. The molecule has 0 unspecified atom stereocenters. The predicted molar refractivity (Wildman–Crippen MR) is 132 cm³/mol. The molecule has 0 radical (unpaired) electrons. The minimum Gasteiger partial charge on any atom is -0.435 e. The second kappa shape index (κ2) is 8.93. The average Bonchev–Trinajstić information content (AvgIpc) is 3.44. The summed E-state index contributed by atoms with van der Waals surface area (Å²) in [4.78, 5) is 19.2. The molecular weight excluding hydrogens is 457 g/mol. The molecule has 2 aromatic heterocycles. The first-order chi connectivity index (χ1) is 17.2. The molecule has 0 aliphatic carbocycles. The topological polar surface area (TPSA) is 84.0 Å². The van der Waals surface area contributed by atoms with E-state index in [1.54, 1.807) is 41.8 Å². The van der Waals surface area contributed by atoms with Gasteiger partial charge in [0.15, 0.2) is 11.6 Å². The number of rotatable bonds is 6. The van der Waals surface area contributed by atoms with Crippen molar-refractivity contribution in [2.45, 2.75) is 32.4 Å². The summed E-state index contributed by atoms with van der Waals surface area (Å²) in [6.07, 6.45) is 5.31. The van der Waals surface area contributed by atoms with Gasteiger partial charge >= 0.3 is 0 Å². The second-order valence-corrected chi connectivity index (χ2v) is 9.40. The number of aryl methyl sites for hydroxylation is 1. The van der Waals surface area contributed by atoms with Crippen LogP contribution in [0, 0.1) is 17.1 Å². The number of nitrogens with zero attached hydrogens (tertiary/aromatic N) is 5. The first-order valence-corrected chi connectivity index (χ1v) is 11.5. The molecule has 36 heavy (non-hydrogen) atoms. The van der Waals surface area contributed by atoms with Gasteiger partial charge in [0.1, 0.15) is 5.56 Å². The summed E-state index contributed by atoms with van der Waals surface area (Å²) < 4.78 is 22.3. The van der Waals surface area contributed by atoms with Gasteiger partial charge in [-0.15, -0.1) is 0 Å². The molecule has 0 bridgehead atoms. The number of nitriles is 1. The van der Waals surface area contributed by atoms with Crippen molar-refractivity contribution >= 4 is 5.91 Å². The van der Waals surface area contributed by atoms with E-state index in [0.29, 0.717) is 24.2 Å². The van der Waals surface area contributed by atoms with E-state index in [9.17, 15) is 14.4 Å². The molecule has 180 valence electrons. The van der Waals surface area contributed by atoms with Crippen LogP contribution in [0.1, 0.15) is 40.9 Å². The van der Waals surface area contributed by atoms with Crippen LogP contribution < -0.4 is 4.74 Å². The summed E-state index contributed by atoms with van der Waals surface area (Å²) in [5.41, 5.74) is 3.88. The minimum atomic E-state index is -0.835. The van der Waals surface area contributed by atoms with Crippen LogP contribution in [0.15, 0.2) is 67.1 Å². The monoisotopic (exact) mass is 481 g/mol. The van der Waals surface area contributed by atoms with Crippen LogP contribution in [0.25, 0.3) is 11.1 Å². The summed E-state index contributed by atoms with van der Waals surface area (Å²) >= 11 is 0. The van der Waals surface area contributed by atoms with Crippen LogP contribution in [0.3, 0.4) is 0 Å². The zero-order valence-electron chi connectivity index (χ0n) is 20.2. The maximum atomic E-state index is 14.8. The highest BCUT2D eigenvalue weighted by atomic mass is 19.1. The molecule has 0 fully saturated rings. The summed E-state index contributed by atoms with van der Waals surface area (Å²) in [5, 5.41) is 13.5. The summed E-state index contributed by atoms with van der Waals surface area (Å²) in [7, 11) is 1.88. The van der Waals surface area contributed by atoms with Gasteiger partial charge in [0.2, 0.25) is 5.88 Å². The number of halogens is 1. The number of ether oxygens (including phenoxy) is 1. The van der Waals surface area contributed by atoms with E-state index in [2.05, 4.69) is 16.2 Å². The summed E-state index contributed by atoms with van der Waals surface area (Å²) in [6, 6.07) is 16.3. The van der Waals surface area contributed by atoms with Crippen molar-refractivity contribution in [3.63, 3.8) is 0 Å². The lowest BCUT2D eigenvalue weighted by atomic mass is 9.86. The lowest BCUT2D eigenvalue weighted by Gasteiger charge is -2.17. The number of aromatic nitrogens is 3. The number of carbonyl (C=O) groups excluding carboxylic acids is 1. The van der Waals surface area contributed by atoms with Crippen LogP contribution in [0.4, 0.5) is 4.39 Å². The highest BCUT2D eigenvalue weighted by Crippen LogP contribution is 2.35. The van der Waals surface area contributed by atoms with E-state index in [4.69, 9.17) is 4.74 Å². The maximum Gasteiger partial charge on any atom is 0.260 e. The molecule has 0 saturated carbocycles. The highest BCUT2D eigenvalue weighted by Gasteiger charge is 2.32. The minimum absolute atomic E-state index is 0.0503. The fourth-order valence-electron chi connectivity index (χ4n) is 4.22. The molecule has 8 heteroatoms. The third kappa shape index (κ3) is 4.31. The van der Waals surface area contributed by atoms with Crippen molar-refractivity contribution in [2.24, 2.45) is 7.05 Å². The maximum absolute atomic E-state index is 14.8.